The van der Waals surface area contributed by atoms with Crippen LogP contribution in [-0.2, 0) is 11.3 Å². The Balaban J connectivity index is 1.43. The van der Waals surface area contributed by atoms with Crippen molar-refractivity contribution in [2.24, 2.45) is 0 Å². The van der Waals surface area contributed by atoms with E-state index in [1.165, 1.54) is 11.3 Å². The zero-order valence-corrected chi connectivity index (χ0v) is 15.7. The molecule has 140 valence electrons. The molecular weight excluding hydrogens is 364 g/mol. The molecule has 0 spiro atoms. The third kappa shape index (κ3) is 3.93. The van der Waals surface area contributed by atoms with Gasteiger partial charge in [0.15, 0.2) is 5.13 Å². The lowest BCUT2D eigenvalue weighted by Crippen LogP contribution is -2.27. The Morgan fingerprint density at radius 2 is 2.19 bits per heavy atom. The summed E-state index contributed by atoms with van der Waals surface area (Å²) in [5.74, 6) is 0. The first kappa shape index (κ1) is 17.5. The van der Waals surface area contributed by atoms with Gasteiger partial charge in [-0.3, -0.25) is 9.58 Å². The van der Waals surface area contributed by atoms with Gasteiger partial charge in [-0.05, 0) is 12.1 Å². The van der Waals surface area contributed by atoms with Gasteiger partial charge >= 0.3 is 6.03 Å². The lowest BCUT2D eigenvalue weighted by Gasteiger charge is -2.14. The number of methoxy groups -OCH3 is 1. The summed E-state index contributed by atoms with van der Waals surface area (Å²) in [5.41, 5.74) is 3.69. The molecule has 3 aromatic rings. The zero-order chi connectivity index (χ0) is 18.6. The van der Waals surface area contributed by atoms with E-state index in [2.05, 4.69) is 20.7 Å². The summed E-state index contributed by atoms with van der Waals surface area (Å²) >= 11 is 1.54. The Kier molecular flexibility index (Phi) is 5.03. The van der Waals surface area contributed by atoms with Gasteiger partial charge in [-0.1, -0.05) is 12.1 Å². The van der Waals surface area contributed by atoms with Gasteiger partial charge in [-0.25, -0.2) is 9.78 Å². The van der Waals surface area contributed by atoms with Gasteiger partial charge in [0.25, 0.3) is 0 Å². The van der Waals surface area contributed by atoms with Crippen LogP contribution in [0.3, 0.4) is 0 Å². The second-order valence-corrected chi connectivity index (χ2v) is 6.94. The van der Waals surface area contributed by atoms with Crippen molar-refractivity contribution in [3.05, 3.63) is 42.0 Å². The molecule has 4 rings (SSSR count). The van der Waals surface area contributed by atoms with E-state index in [4.69, 9.17) is 4.74 Å². The lowest BCUT2D eigenvalue weighted by molar-refractivity contribution is 0.183. The predicted octanol–water partition coefficient (Wildman–Crippen LogP) is 2.93. The summed E-state index contributed by atoms with van der Waals surface area (Å²) in [7, 11) is 1.67. The van der Waals surface area contributed by atoms with E-state index in [1.807, 2.05) is 40.5 Å². The van der Waals surface area contributed by atoms with E-state index in [9.17, 15) is 4.79 Å². The smallest absolute Gasteiger partial charge is 0.321 e. The monoisotopic (exact) mass is 384 g/mol. The number of ether oxygens (including phenoxy) is 1. The first-order valence-corrected chi connectivity index (χ1v) is 9.50. The van der Waals surface area contributed by atoms with Gasteiger partial charge in [0.2, 0.25) is 0 Å². The van der Waals surface area contributed by atoms with E-state index >= 15 is 0 Å². The van der Waals surface area contributed by atoms with Crippen molar-refractivity contribution in [1.29, 1.82) is 0 Å². The minimum atomic E-state index is -0.0473. The molecule has 0 bridgehead atoms. The highest BCUT2D eigenvalue weighted by molar-refractivity contribution is 7.14. The highest BCUT2D eigenvalue weighted by atomic mass is 32.1. The quantitative estimate of drug-likeness (QED) is 0.654. The third-order valence-corrected chi connectivity index (χ3v) is 5.00. The molecule has 2 amide bonds. The van der Waals surface area contributed by atoms with Crippen molar-refractivity contribution in [3.8, 4) is 11.3 Å². The molecule has 0 atom stereocenters. The van der Waals surface area contributed by atoms with E-state index in [1.54, 1.807) is 18.2 Å². The number of nitrogens with one attached hydrogen (secondary N) is 2. The number of hydrogen-bond acceptors (Lipinski definition) is 6. The van der Waals surface area contributed by atoms with Gasteiger partial charge in [-0.2, -0.15) is 5.10 Å². The summed E-state index contributed by atoms with van der Waals surface area (Å²) in [6.45, 7) is 2.71. The first-order chi connectivity index (χ1) is 13.2. The van der Waals surface area contributed by atoms with Crippen LogP contribution in [0.5, 0.6) is 0 Å². The van der Waals surface area contributed by atoms with E-state index in [0.29, 0.717) is 26.2 Å². The molecular formula is C18H20N6O2S. The zero-order valence-electron chi connectivity index (χ0n) is 14.9. The highest BCUT2D eigenvalue weighted by Gasteiger charge is 2.20. The number of hydrogen-bond donors (Lipinski definition) is 2. The number of benzene rings is 1. The normalized spacial score (nSPS) is 13.8. The minimum Gasteiger partial charge on any atom is -0.383 e. The number of thiazole rings is 1. The fourth-order valence-electron chi connectivity index (χ4n) is 2.85. The topological polar surface area (TPSA) is 84.3 Å². The molecule has 1 aliphatic heterocycles. The van der Waals surface area contributed by atoms with Crippen LogP contribution >= 0.6 is 11.3 Å². The van der Waals surface area contributed by atoms with Crippen molar-refractivity contribution >= 4 is 33.9 Å². The fraction of sp³-hybridized carbons (Fsp3) is 0.278. The molecule has 0 radical (unpaired) electrons. The van der Waals surface area contributed by atoms with Crippen molar-refractivity contribution in [2.45, 2.75) is 6.54 Å². The molecule has 1 aromatic carbocycles. The molecule has 0 aliphatic carbocycles. The van der Waals surface area contributed by atoms with Crippen LogP contribution in [0.4, 0.5) is 21.3 Å². The third-order valence-electron chi connectivity index (χ3n) is 4.24. The number of rotatable bonds is 7. The average Bonchev–Trinajstić information content (AvgIpc) is 3.42. The minimum absolute atomic E-state index is 0.0473. The second kappa shape index (κ2) is 7.77. The molecule has 27 heavy (non-hydrogen) atoms. The van der Waals surface area contributed by atoms with Crippen LogP contribution in [0.25, 0.3) is 11.3 Å². The van der Waals surface area contributed by atoms with Crippen molar-refractivity contribution in [2.75, 3.05) is 37.0 Å². The number of aromatic nitrogens is 3. The van der Waals surface area contributed by atoms with Crippen LogP contribution in [0.2, 0.25) is 0 Å². The molecule has 1 fully saturated rings. The highest BCUT2D eigenvalue weighted by Crippen LogP contribution is 2.28. The molecule has 9 heteroatoms. The van der Waals surface area contributed by atoms with Gasteiger partial charge in [0.05, 0.1) is 30.7 Å². The molecule has 3 heterocycles. The SMILES string of the molecule is COCCn1cc(Nc2nc(-c3ccc(N4CCNC4=O)cc3)cs2)cn1. The van der Waals surface area contributed by atoms with E-state index in [-0.39, 0.29) is 6.03 Å². The summed E-state index contributed by atoms with van der Waals surface area (Å²) in [5, 5.41) is 13.2. The number of urea groups is 1. The van der Waals surface area contributed by atoms with Gasteiger partial charge in [-0.15, -0.1) is 11.3 Å². The molecule has 8 nitrogen and oxygen atoms in total. The van der Waals surface area contributed by atoms with Crippen LogP contribution in [-0.4, -0.2) is 47.6 Å². The summed E-state index contributed by atoms with van der Waals surface area (Å²) in [4.78, 5) is 18.1. The molecule has 2 aromatic heterocycles. The average molecular weight is 384 g/mol. The van der Waals surface area contributed by atoms with Crippen LogP contribution in [0, 0.1) is 0 Å². The van der Waals surface area contributed by atoms with Gasteiger partial charge in [0, 0.05) is 43.0 Å². The Hall–Kier alpha value is -2.91. The van der Waals surface area contributed by atoms with Gasteiger partial charge < -0.3 is 15.4 Å². The standard InChI is InChI=1S/C18H20N6O2S/c1-26-9-8-23-11-14(10-20-23)21-17-22-16(12-27-17)13-2-4-15(5-3-13)24-7-6-19-18(24)25/h2-5,10-12H,6-9H2,1H3,(H,19,25)(H,21,22). The van der Waals surface area contributed by atoms with Gasteiger partial charge in [0.1, 0.15) is 0 Å². The number of carbonyl (C=O) groups is 1. The Morgan fingerprint density at radius 3 is 2.93 bits per heavy atom. The van der Waals surface area contributed by atoms with Crippen molar-refractivity contribution < 1.29 is 9.53 Å². The molecule has 0 saturated carbocycles. The molecule has 1 aliphatic rings. The largest absolute Gasteiger partial charge is 0.383 e. The summed E-state index contributed by atoms with van der Waals surface area (Å²) in [6, 6.07) is 7.83. The van der Waals surface area contributed by atoms with E-state index in [0.717, 1.165) is 27.8 Å². The number of anilines is 3. The molecule has 0 unspecified atom stereocenters. The van der Waals surface area contributed by atoms with Crippen molar-refractivity contribution in [3.63, 3.8) is 0 Å². The Morgan fingerprint density at radius 1 is 1.33 bits per heavy atom. The first-order valence-electron chi connectivity index (χ1n) is 8.63. The molecule has 2 N–H and O–H groups in total. The summed E-state index contributed by atoms with van der Waals surface area (Å²) < 4.78 is 6.88. The fourth-order valence-corrected chi connectivity index (χ4v) is 3.59. The van der Waals surface area contributed by atoms with Crippen LogP contribution < -0.4 is 15.5 Å². The number of carbonyl (C=O) groups excluding carboxylic acids is 1. The second-order valence-electron chi connectivity index (χ2n) is 6.08. The maximum Gasteiger partial charge on any atom is 0.321 e. The summed E-state index contributed by atoms with van der Waals surface area (Å²) in [6.07, 6.45) is 3.70. The number of nitrogens with zero attached hydrogens (tertiary/aromatic N) is 4. The Bertz CT molecular complexity index is 920. The van der Waals surface area contributed by atoms with Crippen molar-refractivity contribution in [1.82, 2.24) is 20.1 Å². The predicted molar refractivity (Wildman–Crippen MR) is 106 cm³/mol. The lowest BCUT2D eigenvalue weighted by atomic mass is 10.1. The van der Waals surface area contributed by atoms with Crippen LogP contribution in [0.15, 0.2) is 42.0 Å². The Labute approximate surface area is 160 Å². The maximum absolute atomic E-state index is 11.7. The molecule has 1 saturated heterocycles. The maximum atomic E-state index is 11.7. The van der Waals surface area contributed by atoms with E-state index < -0.39 is 0 Å². The number of amides is 2. The van der Waals surface area contributed by atoms with Crippen LogP contribution in [0.1, 0.15) is 0 Å².